The lowest BCUT2D eigenvalue weighted by molar-refractivity contribution is 0.143. The molecule has 3 N–H and O–H groups in total. The molecule has 0 radical (unpaired) electrons. The van der Waals surface area contributed by atoms with E-state index in [2.05, 4.69) is 5.32 Å². The fourth-order valence-corrected chi connectivity index (χ4v) is 0.592. The van der Waals surface area contributed by atoms with Crippen molar-refractivity contribution in [2.75, 3.05) is 13.1 Å². The molecule has 68 valence electrons. The van der Waals surface area contributed by atoms with Crippen molar-refractivity contribution < 1.29 is 8.78 Å². The van der Waals surface area contributed by atoms with E-state index in [0.29, 0.717) is 6.54 Å². The predicted octanol–water partition coefficient (Wildman–Crippen LogP) is 0.969. The number of nitrogens with two attached hydrogens (primary N) is 1. The summed E-state index contributed by atoms with van der Waals surface area (Å²) in [5.41, 5.74) is 5.33. The summed E-state index contributed by atoms with van der Waals surface area (Å²) < 4.78 is 23.2. The van der Waals surface area contributed by atoms with Crippen LogP contribution in [0.2, 0.25) is 0 Å². The van der Waals surface area contributed by atoms with Gasteiger partial charge in [0.05, 0.1) is 6.54 Å². The van der Waals surface area contributed by atoms with Crippen molar-refractivity contribution in [1.82, 2.24) is 5.32 Å². The standard InChI is InChI=1S/C7H16F2N2/c1-3-7(2,10)5-11-4-6(8)9/h6,11H,3-5,10H2,1-2H3. The first-order valence-corrected chi connectivity index (χ1v) is 3.75. The minimum absolute atomic E-state index is 0.271. The molecule has 0 spiro atoms. The molecule has 0 rings (SSSR count). The van der Waals surface area contributed by atoms with Gasteiger partial charge in [-0.15, -0.1) is 0 Å². The average Bonchev–Trinajstić information content (AvgIpc) is 1.87. The molecule has 0 aliphatic rings. The van der Waals surface area contributed by atoms with Crippen LogP contribution < -0.4 is 11.1 Å². The first kappa shape index (κ1) is 10.8. The van der Waals surface area contributed by atoms with Gasteiger partial charge in [0.2, 0.25) is 0 Å². The van der Waals surface area contributed by atoms with Crippen LogP contribution in [0.3, 0.4) is 0 Å². The number of rotatable bonds is 5. The third kappa shape index (κ3) is 6.19. The second-order valence-electron chi connectivity index (χ2n) is 3.03. The van der Waals surface area contributed by atoms with E-state index < -0.39 is 6.43 Å². The van der Waals surface area contributed by atoms with Crippen LogP contribution in [0.25, 0.3) is 0 Å². The highest BCUT2D eigenvalue weighted by Crippen LogP contribution is 2.02. The predicted molar refractivity (Wildman–Crippen MR) is 41.8 cm³/mol. The highest BCUT2D eigenvalue weighted by Gasteiger charge is 2.15. The number of hydrogen-bond donors (Lipinski definition) is 2. The molecule has 11 heavy (non-hydrogen) atoms. The maximum Gasteiger partial charge on any atom is 0.250 e. The molecule has 0 aliphatic carbocycles. The number of nitrogens with one attached hydrogen (secondary N) is 1. The van der Waals surface area contributed by atoms with Crippen LogP contribution in [0, 0.1) is 0 Å². The Morgan fingerprint density at radius 2 is 2.09 bits per heavy atom. The molecule has 0 fully saturated rings. The molecule has 0 saturated heterocycles. The van der Waals surface area contributed by atoms with E-state index in [-0.39, 0.29) is 12.1 Å². The largest absolute Gasteiger partial charge is 0.324 e. The number of alkyl halides is 2. The molecule has 1 atom stereocenters. The van der Waals surface area contributed by atoms with Crippen LogP contribution in [-0.2, 0) is 0 Å². The zero-order valence-electron chi connectivity index (χ0n) is 7.03. The Morgan fingerprint density at radius 3 is 2.45 bits per heavy atom. The zero-order valence-corrected chi connectivity index (χ0v) is 7.03. The molecular weight excluding hydrogens is 150 g/mol. The number of hydrogen-bond acceptors (Lipinski definition) is 2. The summed E-state index contributed by atoms with van der Waals surface area (Å²) >= 11 is 0. The lowest BCUT2D eigenvalue weighted by Crippen LogP contribution is -2.46. The second-order valence-corrected chi connectivity index (χ2v) is 3.03. The molecule has 4 heteroatoms. The van der Waals surface area contributed by atoms with Gasteiger partial charge >= 0.3 is 0 Å². The summed E-state index contributed by atoms with van der Waals surface area (Å²) in [4.78, 5) is 0. The van der Waals surface area contributed by atoms with Gasteiger partial charge < -0.3 is 11.1 Å². The lowest BCUT2D eigenvalue weighted by Gasteiger charge is -2.22. The summed E-state index contributed by atoms with van der Waals surface area (Å²) in [7, 11) is 0. The van der Waals surface area contributed by atoms with E-state index in [4.69, 9.17) is 5.73 Å². The lowest BCUT2D eigenvalue weighted by atomic mass is 10.0. The maximum absolute atomic E-state index is 11.6. The molecule has 0 amide bonds. The van der Waals surface area contributed by atoms with Gasteiger partial charge in [0.1, 0.15) is 0 Å². The van der Waals surface area contributed by atoms with Crippen molar-refractivity contribution in [2.24, 2.45) is 5.73 Å². The van der Waals surface area contributed by atoms with Crippen molar-refractivity contribution in [1.29, 1.82) is 0 Å². The molecule has 0 bridgehead atoms. The van der Waals surface area contributed by atoms with Crippen LogP contribution in [0.1, 0.15) is 20.3 Å². The van der Waals surface area contributed by atoms with Gasteiger partial charge in [-0.3, -0.25) is 0 Å². The molecule has 0 aliphatic heterocycles. The third-order valence-electron chi connectivity index (χ3n) is 1.64. The topological polar surface area (TPSA) is 38.0 Å². The smallest absolute Gasteiger partial charge is 0.250 e. The first-order chi connectivity index (χ1) is 4.98. The molecule has 0 aromatic rings. The Balaban J connectivity index is 3.38. The maximum atomic E-state index is 11.6. The summed E-state index contributed by atoms with van der Waals surface area (Å²) in [5, 5.41) is 2.60. The van der Waals surface area contributed by atoms with Gasteiger partial charge in [-0.1, -0.05) is 6.92 Å². The van der Waals surface area contributed by atoms with Crippen molar-refractivity contribution in [3.8, 4) is 0 Å². The number of halogens is 2. The second kappa shape index (κ2) is 4.62. The highest BCUT2D eigenvalue weighted by atomic mass is 19.3. The van der Waals surface area contributed by atoms with Crippen LogP contribution in [0.5, 0.6) is 0 Å². The van der Waals surface area contributed by atoms with Gasteiger partial charge in [-0.25, -0.2) is 8.78 Å². The molecule has 2 nitrogen and oxygen atoms in total. The Kier molecular flexibility index (Phi) is 4.52. The van der Waals surface area contributed by atoms with E-state index in [9.17, 15) is 8.78 Å². The third-order valence-corrected chi connectivity index (χ3v) is 1.64. The summed E-state index contributed by atoms with van der Waals surface area (Å²) in [6.07, 6.45) is -1.51. The zero-order chi connectivity index (χ0) is 8.91. The molecule has 0 aromatic heterocycles. The Labute approximate surface area is 66.1 Å². The Morgan fingerprint density at radius 1 is 1.55 bits per heavy atom. The SMILES string of the molecule is CCC(C)(N)CNCC(F)F. The summed E-state index contributed by atoms with van der Waals surface area (Å²) in [5.74, 6) is 0. The molecular formula is C7H16F2N2. The van der Waals surface area contributed by atoms with E-state index in [1.807, 2.05) is 13.8 Å². The molecule has 0 aromatic carbocycles. The van der Waals surface area contributed by atoms with Gasteiger partial charge in [-0.2, -0.15) is 0 Å². The van der Waals surface area contributed by atoms with Gasteiger partial charge in [0, 0.05) is 12.1 Å². The van der Waals surface area contributed by atoms with Crippen molar-refractivity contribution in [3.05, 3.63) is 0 Å². The molecule has 0 saturated carbocycles. The average molecular weight is 166 g/mol. The Bertz CT molecular complexity index is 105. The van der Waals surface area contributed by atoms with Gasteiger partial charge in [-0.05, 0) is 13.3 Å². The fraction of sp³-hybridized carbons (Fsp3) is 1.00. The van der Waals surface area contributed by atoms with Crippen LogP contribution >= 0.6 is 0 Å². The molecule has 0 heterocycles. The summed E-state index contributed by atoms with van der Waals surface area (Å²) in [6, 6.07) is 0. The van der Waals surface area contributed by atoms with E-state index in [1.165, 1.54) is 0 Å². The van der Waals surface area contributed by atoms with E-state index in [1.54, 1.807) is 0 Å². The van der Waals surface area contributed by atoms with E-state index in [0.717, 1.165) is 6.42 Å². The van der Waals surface area contributed by atoms with Crippen molar-refractivity contribution in [2.45, 2.75) is 32.2 Å². The quantitative estimate of drug-likeness (QED) is 0.638. The highest BCUT2D eigenvalue weighted by molar-refractivity contribution is 4.78. The van der Waals surface area contributed by atoms with Crippen molar-refractivity contribution in [3.63, 3.8) is 0 Å². The normalized spacial score (nSPS) is 16.9. The summed E-state index contributed by atoms with van der Waals surface area (Å²) in [6.45, 7) is 3.94. The van der Waals surface area contributed by atoms with Gasteiger partial charge in [0.25, 0.3) is 6.43 Å². The van der Waals surface area contributed by atoms with Crippen LogP contribution in [0.15, 0.2) is 0 Å². The monoisotopic (exact) mass is 166 g/mol. The van der Waals surface area contributed by atoms with Gasteiger partial charge in [0.15, 0.2) is 0 Å². The minimum atomic E-state index is -2.29. The van der Waals surface area contributed by atoms with E-state index >= 15 is 0 Å². The van der Waals surface area contributed by atoms with Crippen LogP contribution in [-0.4, -0.2) is 25.1 Å². The Hall–Kier alpha value is -0.220. The fourth-order valence-electron chi connectivity index (χ4n) is 0.592. The first-order valence-electron chi connectivity index (χ1n) is 3.75. The molecule has 1 unspecified atom stereocenters. The van der Waals surface area contributed by atoms with Crippen molar-refractivity contribution >= 4 is 0 Å². The van der Waals surface area contributed by atoms with Crippen LogP contribution in [0.4, 0.5) is 8.78 Å². The minimum Gasteiger partial charge on any atom is -0.324 e.